The Labute approximate surface area is 140 Å². The number of alkyl carbamates (subject to hydrolysis) is 1. The van der Waals surface area contributed by atoms with Gasteiger partial charge in [-0.3, -0.25) is 4.98 Å². The van der Waals surface area contributed by atoms with E-state index in [0.29, 0.717) is 6.54 Å². The third kappa shape index (κ3) is 5.92. The van der Waals surface area contributed by atoms with Crippen molar-refractivity contribution < 1.29 is 19.1 Å². The van der Waals surface area contributed by atoms with Gasteiger partial charge >= 0.3 is 12.1 Å². The summed E-state index contributed by atoms with van der Waals surface area (Å²) in [6.45, 7) is 0.532. The molecule has 0 unspecified atom stereocenters. The standard InChI is InChI=1S/C18H18N2O4/c1-23-17(21)9-8-14-4-6-15(7-5-14)12-20-18(22)24-13-16-3-2-10-19-11-16/h2-11H,12-13H2,1H3,(H,20,22)/b9-8+. The first-order chi connectivity index (χ1) is 11.7. The van der Waals surface area contributed by atoms with Crippen molar-refractivity contribution in [2.24, 2.45) is 0 Å². The molecule has 0 aliphatic rings. The fraction of sp³-hybridized carbons (Fsp3) is 0.167. The highest BCUT2D eigenvalue weighted by molar-refractivity contribution is 5.86. The second-order valence-electron chi connectivity index (χ2n) is 4.89. The predicted molar refractivity (Wildman–Crippen MR) is 88.8 cm³/mol. The molecule has 0 bridgehead atoms. The summed E-state index contributed by atoms with van der Waals surface area (Å²) in [5.41, 5.74) is 2.61. The molecule has 0 radical (unpaired) electrons. The van der Waals surface area contributed by atoms with Crippen LogP contribution in [0.1, 0.15) is 16.7 Å². The Bertz CT molecular complexity index is 697. The van der Waals surface area contributed by atoms with E-state index in [1.807, 2.05) is 30.3 Å². The molecule has 1 heterocycles. The third-order valence-corrected chi connectivity index (χ3v) is 3.12. The fourth-order valence-corrected chi connectivity index (χ4v) is 1.84. The minimum atomic E-state index is -0.492. The number of carbonyl (C=O) groups excluding carboxylic acids is 2. The number of esters is 1. The van der Waals surface area contributed by atoms with E-state index in [2.05, 4.69) is 15.0 Å². The second-order valence-corrected chi connectivity index (χ2v) is 4.89. The van der Waals surface area contributed by atoms with E-state index in [0.717, 1.165) is 16.7 Å². The van der Waals surface area contributed by atoms with E-state index in [1.165, 1.54) is 13.2 Å². The van der Waals surface area contributed by atoms with Crippen LogP contribution < -0.4 is 5.32 Å². The van der Waals surface area contributed by atoms with Crippen molar-refractivity contribution in [3.8, 4) is 0 Å². The van der Waals surface area contributed by atoms with Crippen molar-refractivity contribution >= 4 is 18.1 Å². The van der Waals surface area contributed by atoms with E-state index in [9.17, 15) is 9.59 Å². The van der Waals surface area contributed by atoms with Gasteiger partial charge in [0.15, 0.2) is 0 Å². The average molecular weight is 326 g/mol. The zero-order valence-electron chi connectivity index (χ0n) is 13.3. The van der Waals surface area contributed by atoms with E-state index < -0.39 is 12.1 Å². The monoisotopic (exact) mass is 326 g/mol. The van der Waals surface area contributed by atoms with Crippen molar-refractivity contribution in [1.29, 1.82) is 0 Å². The quantitative estimate of drug-likeness (QED) is 0.652. The van der Waals surface area contributed by atoms with Gasteiger partial charge in [-0.15, -0.1) is 0 Å². The van der Waals surface area contributed by atoms with E-state index in [-0.39, 0.29) is 6.61 Å². The van der Waals surface area contributed by atoms with Gasteiger partial charge in [-0.1, -0.05) is 30.3 Å². The number of hydrogen-bond donors (Lipinski definition) is 1. The van der Waals surface area contributed by atoms with Crippen molar-refractivity contribution in [2.75, 3.05) is 7.11 Å². The zero-order chi connectivity index (χ0) is 17.2. The molecule has 0 fully saturated rings. The van der Waals surface area contributed by atoms with Gasteiger partial charge in [-0.2, -0.15) is 0 Å². The van der Waals surface area contributed by atoms with Gasteiger partial charge in [0.25, 0.3) is 0 Å². The van der Waals surface area contributed by atoms with Gasteiger partial charge in [-0.05, 0) is 23.3 Å². The van der Waals surface area contributed by atoms with Crippen molar-refractivity contribution in [2.45, 2.75) is 13.2 Å². The van der Waals surface area contributed by atoms with Crippen LogP contribution in [0.15, 0.2) is 54.9 Å². The summed E-state index contributed by atoms with van der Waals surface area (Å²) < 4.78 is 9.62. The molecular weight excluding hydrogens is 308 g/mol. The van der Waals surface area contributed by atoms with Gasteiger partial charge < -0.3 is 14.8 Å². The highest BCUT2D eigenvalue weighted by Crippen LogP contribution is 2.06. The summed E-state index contributed by atoms with van der Waals surface area (Å²) in [6.07, 6.45) is 5.82. The number of methoxy groups -OCH3 is 1. The molecule has 1 amide bonds. The zero-order valence-corrected chi connectivity index (χ0v) is 13.3. The minimum Gasteiger partial charge on any atom is -0.466 e. The van der Waals surface area contributed by atoms with Gasteiger partial charge in [0.2, 0.25) is 0 Å². The van der Waals surface area contributed by atoms with Crippen LogP contribution in [0.5, 0.6) is 0 Å². The molecule has 0 spiro atoms. The number of amides is 1. The molecule has 0 saturated carbocycles. The number of benzene rings is 1. The number of aromatic nitrogens is 1. The molecule has 0 aliphatic heterocycles. The lowest BCUT2D eigenvalue weighted by Crippen LogP contribution is -2.23. The van der Waals surface area contributed by atoms with Crippen LogP contribution in [0.2, 0.25) is 0 Å². The Hall–Kier alpha value is -3.15. The molecule has 1 N–H and O–H groups in total. The first-order valence-electron chi connectivity index (χ1n) is 7.32. The lowest BCUT2D eigenvalue weighted by molar-refractivity contribution is -0.134. The van der Waals surface area contributed by atoms with E-state index >= 15 is 0 Å². The number of nitrogens with one attached hydrogen (secondary N) is 1. The highest BCUT2D eigenvalue weighted by Gasteiger charge is 2.03. The largest absolute Gasteiger partial charge is 0.466 e. The topological polar surface area (TPSA) is 77.5 Å². The Kier molecular flexibility index (Phi) is 6.52. The maximum Gasteiger partial charge on any atom is 0.407 e. The Balaban J connectivity index is 1.76. The molecule has 2 aromatic rings. The van der Waals surface area contributed by atoms with E-state index in [4.69, 9.17) is 4.74 Å². The van der Waals surface area contributed by atoms with Crippen LogP contribution in [0.4, 0.5) is 4.79 Å². The maximum atomic E-state index is 11.7. The molecule has 2 rings (SSSR count). The summed E-state index contributed by atoms with van der Waals surface area (Å²) in [6, 6.07) is 11.0. The smallest absolute Gasteiger partial charge is 0.407 e. The molecular formula is C18H18N2O4. The molecule has 1 aromatic carbocycles. The Morgan fingerprint density at radius 1 is 1.17 bits per heavy atom. The molecule has 0 aliphatic carbocycles. The molecule has 124 valence electrons. The summed E-state index contributed by atoms with van der Waals surface area (Å²) in [5.74, 6) is -0.405. The van der Waals surface area contributed by atoms with Crippen molar-refractivity contribution in [3.05, 3.63) is 71.6 Å². The van der Waals surface area contributed by atoms with Crippen LogP contribution in [-0.4, -0.2) is 24.2 Å². The summed E-state index contributed by atoms with van der Waals surface area (Å²) >= 11 is 0. The number of ether oxygens (including phenoxy) is 2. The molecule has 6 heteroatoms. The molecule has 0 saturated heterocycles. The highest BCUT2D eigenvalue weighted by atomic mass is 16.5. The second kappa shape index (κ2) is 9.09. The number of carbonyl (C=O) groups is 2. The predicted octanol–water partition coefficient (Wildman–Crippen LogP) is 2.69. The minimum absolute atomic E-state index is 0.178. The van der Waals surface area contributed by atoms with Crippen LogP contribution in [0.3, 0.4) is 0 Å². The third-order valence-electron chi connectivity index (χ3n) is 3.12. The number of hydrogen-bond acceptors (Lipinski definition) is 5. The van der Waals surface area contributed by atoms with Gasteiger partial charge in [0.05, 0.1) is 7.11 Å². The summed E-state index contributed by atoms with van der Waals surface area (Å²) in [7, 11) is 1.33. The lowest BCUT2D eigenvalue weighted by Gasteiger charge is -2.07. The average Bonchev–Trinajstić information content (AvgIpc) is 2.64. The van der Waals surface area contributed by atoms with Crippen LogP contribution in [0.25, 0.3) is 6.08 Å². The Morgan fingerprint density at radius 3 is 2.62 bits per heavy atom. The van der Waals surface area contributed by atoms with Gasteiger partial charge in [0.1, 0.15) is 6.61 Å². The van der Waals surface area contributed by atoms with Crippen LogP contribution in [-0.2, 0) is 27.4 Å². The lowest BCUT2D eigenvalue weighted by atomic mass is 10.1. The SMILES string of the molecule is COC(=O)/C=C/c1ccc(CNC(=O)OCc2cccnc2)cc1. The number of nitrogens with zero attached hydrogens (tertiary/aromatic N) is 1. The fourth-order valence-electron chi connectivity index (χ4n) is 1.84. The van der Waals surface area contributed by atoms with Crippen LogP contribution >= 0.6 is 0 Å². The summed E-state index contributed by atoms with van der Waals surface area (Å²) in [4.78, 5) is 26.6. The molecule has 1 aromatic heterocycles. The van der Waals surface area contributed by atoms with Crippen molar-refractivity contribution in [3.63, 3.8) is 0 Å². The van der Waals surface area contributed by atoms with E-state index in [1.54, 1.807) is 24.5 Å². The number of pyridine rings is 1. The normalized spacial score (nSPS) is 10.4. The maximum absolute atomic E-state index is 11.7. The first kappa shape index (κ1) is 17.2. The van der Waals surface area contributed by atoms with Gasteiger partial charge in [0, 0.05) is 30.6 Å². The Morgan fingerprint density at radius 2 is 1.96 bits per heavy atom. The molecule has 24 heavy (non-hydrogen) atoms. The number of rotatable bonds is 6. The first-order valence-corrected chi connectivity index (χ1v) is 7.32. The molecule has 6 nitrogen and oxygen atoms in total. The van der Waals surface area contributed by atoms with Crippen LogP contribution in [0, 0.1) is 0 Å². The summed E-state index contributed by atoms with van der Waals surface area (Å²) in [5, 5.41) is 2.67. The van der Waals surface area contributed by atoms with Gasteiger partial charge in [-0.25, -0.2) is 9.59 Å². The molecule has 0 atom stereocenters. The van der Waals surface area contributed by atoms with Crippen molar-refractivity contribution in [1.82, 2.24) is 10.3 Å².